The van der Waals surface area contributed by atoms with Gasteiger partial charge in [0.1, 0.15) is 6.04 Å². The van der Waals surface area contributed by atoms with Crippen LogP contribution in [0.5, 0.6) is 0 Å². The second-order valence-corrected chi connectivity index (χ2v) is 5.37. The maximum Gasteiger partial charge on any atom is 0.242 e. The van der Waals surface area contributed by atoms with Gasteiger partial charge in [-0.2, -0.15) is 0 Å². The van der Waals surface area contributed by atoms with Gasteiger partial charge >= 0.3 is 0 Å². The molecule has 3 N–H and O–H groups in total. The van der Waals surface area contributed by atoms with Gasteiger partial charge in [-0.05, 0) is 25.2 Å². The fourth-order valence-corrected chi connectivity index (χ4v) is 2.57. The van der Waals surface area contributed by atoms with E-state index in [0.29, 0.717) is 19.0 Å². The Bertz CT molecular complexity index is 305. The molecule has 5 heteroatoms. The molecule has 2 amide bonds. The molecule has 0 aliphatic carbocycles. The van der Waals surface area contributed by atoms with E-state index in [4.69, 9.17) is 5.73 Å². The number of carbonyl (C=O) groups is 2. The molecule has 0 aromatic rings. The van der Waals surface area contributed by atoms with Crippen molar-refractivity contribution in [3.63, 3.8) is 0 Å². The Labute approximate surface area is 109 Å². The molecule has 2 atom stereocenters. The van der Waals surface area contributed by atoms with Gasteiger partial charge in [-0.3, -0.25) is 9.59 Å². The maximum absolute atomic E-state index is 12.4. The van der Waals surface area contributed by atoms with Gasteiger partial charge < -0.3 is 16.0 Å². The molecule has 1 aliphatic rings. The highest BCUT2D eigenvalue weighted by Crippen LogP contribution is 2.22. The van der Waals surface area contributed by atoms with E-state index in [9.17, 15) is 9.59 Å². The van der Waals surface area contributed by atoms with Crippen LogP contribution in [0.25, 0.3) is 0 Å². The molecule has 18 heavy (non-hydrogen) atoms. The van der Waals surface area contributed by atoms with E-state index < -0.39 is 0 Å². The van der Waals surface area contributed by atoms with E-state index in [-0.39, 0.29) is 23.8 Å². The summed E-state index contributed by atoms with van der Waals surface area (Å²) in [5.74, 6) is 0.247. The molecule has 1 aliphatic heterocycles. The van der Waals surface area contributed by atoms with Crippen LogP contribution < -0.4 is 11.1 Å². The van der Waals surface area contributed by atoms with Crippen molar-refractivity contribution in [3.8, 4) is 0 Å². The standard InChI is InChI=1S/C13H25N3O2/c1-9(2)7-10(8-14)13(18)16-6-4-5-11(16)12(17)15-3/h9-11H,4-8,14H2,1-3H3,(H,15,17). The number of hydrogen-bond donors (Lipinski definition) is 2. The van der Waals surface area contributed by atoms with Gasteiger partial charge in [0.25, 0.3) is 0 Å². The molecule has 2 unspecified atom stereocenters. The Morgan fingerprint density at radius 2 is 2.11 bits per heavy atom. The van der Waals surface area contributed by atoms with Gasteiger partial charge in [0, 0.05) is 20.1 Å². The number of rotatable bonds is 5. The van der Waals surface area contributed by atoms with Crippen LogP contribution in [0.15, 0.2) is 0 Å². The van der Waals surface area contributed by atoms with Crippen molar-refractivity contribution in [2.45, 2.75) is 39.2 Å². The van der Waals surface area contributed by atoms with Crippen LogP contribution in [0.4, 0.5) is 0 Å². The highest BCUT2D eigenvalue weighted by Gasteiger charge is 2.36. The molecular formula is C13H25N3O2. The zero-order valence-corrected chi connectivity index (χ0v) is 11.6. The van der Waals surface area contributed by atoms with Crippen LogP contribution in [0.1, 0.15) is 33.1 Å². The molecule has 5 nitrogen and oxygen atoms in total. The average molecular weight is 255 g/mol. The number of nitrogens with two attached hydrogens (primary N) is 1. The fourth-order valence-electron chi connectivity index (χ4n) is 2.57. The largest absolute Gasteiger partial charge is 0.357 e. The minimum atomic E-state index is -0.302. The molecule has 0 aromatic carbocycles. The summed E-state index contributed by atoms with van der Waals surface area (Å²) in [5.41, 5.74) is 5.70. The zero-order chi connectivity index (χ0) is 13.7. The highest BCUT2D eigenvalue weighted by molar-refractivity contribution is 5.89. The van der Waals surface area contributed by atoms with Gasteiger partial charge in [0.15, 0.2) is 0 Å². The Morgan fingerprint density at radius 3 is 2.61 bits per heavy atom. The maximum atomic E-state index is 12.4. The second kappa shape index (κ2) is 6.73. The Balaban J connectivity index is 2.71. The van der Waals surface area contributed by atoms with Crippen molar-refractivity contribution in [3.05, 3.63) is 0 Å². The molecule has 104 valence electrons. The Morgan fingerprint density at radius 1 is 1.44 bits per heavy atom. The van der Waals surface area contributed by atoms with E-state index in [1.54, 1.807) is 11.9 Å². The summed E-state index contributed by atoms with van der Waals surface area (Å²) in [6.45, 7) is 5.19. The van der Waals surface area contributed by atoms with Crippen molar-refractivity contribution >= 4 is 11.8 Å². The van der Waals surface area contributed by atoms with Gasteiger partial charge in [-0.15, -0.1) is 0 Å². The zero-order valence-electron chi connectivity index (χ0n) is 11.6. The molecule has 1 fully saturated rings. The van der Waals surface area contributed by atoms with Crippen LogP contribution in [0.2, 0.25) is 0 Å². The van der Waals surface area contributed by atoms with Crippen LogP contribution in [-0.4, -0.2) is 42.9 Å². The van der Waals surface area contributed by atoms with Gasteiger partial charge in [0.05, 0.1) is 5.92 Å². The van der Waals surface area contributed by atoms with Crippen molar-refractivity contribution < 1.29 is 9.59 Å². The summed E-state index contributed by atoms with van der Waals surface area (Å²) in [6.07, 6.45) is 2.43. The minimum Gasteiger partial charge on any atom is -0.357 e. The first kappa shape index (κ1) is 15.0. The molecule has 1 rings (SSSR count). The number of amides is 2. The smallest absolute Gasteiger partial charge is 0.242 e. The predicted molar refractivity (Wildman–Crippen MR) is 70.8 cm³/mol. The normalized spacial score (nSPS) is 21.2. The van der Waals surface area contributed by atoms with Gasteiger partial charge in [-0.1, -0.05) is 13.8 Å². The third kappa shape index (κ3) is 3.45. The number of hydrogen-bond acceptors (Lipinski definition) is 3. The number of likely N-dealkylation sites (tertiary alicyclic amines) is 1. The van der Waals surface area contributed by atoms with E-state index in [0.717, 1.165) is 19.3 Å². The third-order valence-electron chi connectivity index (χ3n) is 3.47. The number of likely N-dealkylation sites (N-methyl/N-ethyl adjacent to an activating group) is 1. The molecule has 1 saturated heterocycles. The second-order valence-electron chi connectivity index (χ2n) is 5.37. The fraction of sp³-hybridized carbons (Fsp3) is 0.846. The lowest BCUT2D eigenvalue weighted by atomic mass is 9.95. The summed E-state index contributed by atoms with van der Waals surface area (Å²) in [4.78, 5) is 25.8. The monoisotopic (exact) mass is 255 g/mol. The quantitative estimate of drug-likeness (QED) is 0.744. The minimum absolute atomic E-state index is 0.0392. The van der Waals surface area contributed by atoms with E-state index in [2.05, 4.69) is 19.2 Å². The van der Waals surface area contributed by atoms with Crippen LogP contribution >= 0.6 is 0 Å². The third-order valence-corrected chi connectivity index (χ3v) is 3.47. The highest BCUT2D eigenvalue weighted by atomic mass is 16.2. The van der Waals surface area contributed by atoms with Gasteiger partial charge in [-0.25, -0.2) is 0 Å². The number of carbonyl (C=O) groups excluding carboxylic acids is 2. The predicted octanol–water partition coefficient (Wildman–Crippen LogP) is 0.344. The molecule has 0 radical (unpaired) electrons. The molecule has 0 spiro atoms. The first-order chi connectivity index (χ1) is 8.51. The van der Waals surface area contributed by atoms with Crippen molar-refractivity contribution in [2.24, 2.45) is 17.6 Å². The molecule has 0 aromatic heterocycles. The molecule has 0 saturated carbocycles. The summed E-state index contributed by atoms with van der Waals surface area (Å²) in [5, 5.41) is 2.63. The van der Waals surface area contributed by atoms with Crippen LogP contribution in [0.3, 0.4) is 0 Å². The average Bonchev–Trinajstić information content (AvgIpc) is 2.82. The number of nitrogens with one attached hydrogen (secondary N) is 1. The van der Waals surface area contributed by atoms with Crippen LogP contribution in [0, 0.1) is 11.8 Å². The molecule has 1 heterocycles. The first-order valence-corrected chi connectivity index (χ1v) is 6.73. The van der Waals surface area contributed by atoms with Gasteiger partial charge in [0.2, 0.25) is 11.8 Å². The summed E-state index contributed by atoms with van der Waals surface area (Å²) in [6, 6.07) is -0.302. The number of nitrogens with zero attached hydrogens (tertiary/aromatic N) is 1. The van der Waals surface area contributed by atoms with E-state index in [1.807, 2.05) is 0 Å². The van der Waals surface area contributed by atoms with Crippen molar-refractivity contribution in [1.29, 1.82) is 0 Å². The summed E-state index contributed by atoms with van der Waals surface area (Å²) >= 11 is 0. The first-order valence-electron chi connectivity index (χ1n) is 6.73. The lowest BCUT2D eigenvalue weighted by Gasteiger charge is -2.28. The van der Waals surface area contributed by atoms with Crippen LogP contribution in [-0.2, 0) is 9.59 Å². The molecular weight excluding hydrogens is 230 g/mol. The Kier molecular flexibility index (Phi) is 5.59. The molecule has 0 bridgehead atoms. The van der Waals surface area contributed by atoms with Crippen molar-refractivity contribution in [2.75, 3.05) is 20.1 Å². The van der Waals surface area contributed by atoms with E-state index in [1.165, 1.54) is 0 Å². The lowest BCUT2D eigenvalue weighted by Crippen LogP contribution is -2.48. The Hall–Kier alpha value is -1.10. The SMILES string of the molecule is CNC(=O)C1CCCN1C(=O)C(CN)CC(C)C. The topological polar surface area (TPSA) is 75.4 Å². The summed E-state index contributed by atoms with van der Waals surface area (Å²) < 4.78 is 0. The van der Waals surface area contributed by atoms with Crippen molar-refractivity contribution in [1.82, 2.24) is 10.2 Å². The van der Waals surface area contributed by atoms with E-state index >= 15 is 0 Å². The summed E-state index contributed by atoms with van der Waals surface area (Å²) in [7, 11) is 1.61. The lowest BCUT2D eigenvalue weighted by molar-refractivity contribution is -0.141.